The molecule has 2 nitrogen and oxygen atoms in total. The van der Waals surface area contributed by atoms with Gasteiger partial charge in [0.15, 0.2) is 0 Å². The Morgan fingerprint density at radius 3 is 3.06 bits per heavy atom. The van der Waals surface area contributed by atoms with Crippen LogP contribution in [0.4, 0.5) is 0 Å². The molecule has 0 aliphatic carbocycles. The highest BCUT2D eigenvalue weighted by Crippen LogP contribution is 2.39. The zero-order valence-corrected chi connectivity index (χ0v) is 11.9. The molecule has 1 fully saturated rings. The molecule has 1 saturated heterocycles. The van der Waals surface area contributed by atoms with Gasteiger partial charge in [0.1, 0.15) is 0 Å². The van der Waals surface area contributed by atoms with Crippen LogP contribution in [0.2, 0.25) is 0 Å². The third-order valence-corrected chi connectivity index (χ3v) is 5.46. The van der Waals surface area contributed by atoms with Gasteiger partial charge in [0.05, 0.1) is 0 Å². The third-order valence-electron chi connectivity index (χ3n) is 4.21. The number of nitrogens with zero attached hydrogens (tertiary/aromatic N) is 1. The van der Waals surface area contributed by atoms with Crippen molar-refractivity contribution < 1.29 is 0 Å². The van der Waals surface area contributed by atoms with Crippen LogP contribution in [0.15, 0.2) is 29.2 Å². The Balaban J connectivity index is 1.69. The van der Waals surface area contributed by atoms with E-state index in [2.05, 4.69) is 41.4 Å². The molecule has 1 aromatic carbocycles. The molecule has 18 heavy (non-hydrogen) atoms. The zero-order valence-electron chi connectivity index (χ0n) is 11.1. The highest BCUT2D eigenvalue weighted by molar-refractivity contribution is 7.99. The molecule has 0 saturated carbocycles. The van der Waals surface area contributed by atoms with Gasteiger partial charge >= 0.3 is 0 Å². The molecular weight excluding hydrogens is 240 g/mol. The Kier molecular flexibility index (Phi) is 3.92. The quantitative estimate of drug-likeness (QED) is 0.898. The second-order valence-electron chi connectivity index (χ2n) is 5.28. The molecular formula is C15H22N2S. The van der Waals surface area contributed by atoms with Crippen molar-refractivity contribution in [2.24, 2.45) is 0 Å². The predicted octanol–water partition coefficient (Wildman–Crippen LogP) is 2.56. The maximum Gasteiger partial charge on any atom is 0.0232 e. The van der Waals surface area contributed by atoms with E-state index in [0.29, 0.717) is 0 Å². The standard InChI is InChI=1S/C15H22N2S/c1-2-17(13-7-8-16-9-13)10-12-11-18-15-6-4-3-5-14(12)15/h3-6,12-13,16H,2,7-11H2,1H3. The fourth-order valence-electron chi connectivity index (χ4n) is 3.15. The van der Waals surface area contributed by atoms with E-state index in [4.69, 9.17) is 0 Å². The number of fused-ring (bicyclic) bond motifs is 1. The first kappa shape index (κ1) is 12.5. The Morgan fingerprint density at radius 1 is 1.39 bits per heavy atom. The summed E-state index contributed by atoms with van der Waals surface area (Å²) in [7, 11) is 0. The van der Waals surface area contributed by atoms with Crippen molar-refractivity contribution in [3.63, 3.8) is 0 Å². The van der Waals surface area contributed by atoms with E-state index < -0.39 is 0 Å². The fraction of sp³-hybridized carbons (Fsp3) is 0.600. The lowest BCUT2D eigenvalue weighted by Gasteiger charge is -2.29. The van der Waals surface area contributed by atoms with E-state index in [0.717, 1.165) is 12.0 Å². The van der Waals surface area contributed by atoms with Crippen molar-refractivity contribution in [3.8, 4) is 0 Å². The molecule has 2 heterocycles. The first-order chi connectivity index (χ1) is 8.88. The molecule has 1 aromatic rings. The lowest BCUT2D eigenvalue weighted by Crippen LogP contribution is -2.39. The summed E-state index contributed by atoms with van der Waals surface area (Å²) in [4.78, 5) is 4.18. The fourth-order valence-corrected chi connectivity index (χ4v) is 4.39. The van der Waals surface area contributed by atoms with Crippen LogP contribution in [0.1, 0.15) is 24.8 Å². The van der Waals surface area contributed by atoms with Gasteiger partial charge in [0.25, 0.3) is 0 Å². The van der Waals surface area contributed by atoms with Crippen LogP contribution in [-0.2, 0) is 0 Å². The molecule has 0 bridgehead atoms. The Bertz CT molecular complexity index is 401. The molecule has 2 aliphatic rings. The molecule has 2 unspecified atom stereocenters. The predicted molar refractivity (Wildman–Crippen MR) is 78.4 cm³/mol. The lowest BCUT2D eigenvalue weighted by atomic mass is 10.00. The van der Waals surface area contributed by atoms with Crippen LogP contribution in [0.3, 0.4) is 0 Å². The number of likely N-dealkylation sites (N-methyl/N-ethyl adjacent to an activating group) is 1. The average molecular weight is 262 g/mol. The minimum atomic E-state index is 0.728. The van der Waals surface area contributed by atoms with E-state index in [9.17, 15) is 0 Å². The van der Waals surface area contributed by atoms with Crippen molar-refractivity contribution in [2.45, 2.75) is 30.2 Å². The van der Waals surface area contributed by atoms with E-state index >= 15 is 0 Å². The highest BCUT2D eigenvalue weighted by Gasteiger charge is 2.28. The summed E-state index contributed by atoms with van der Waals surface area (Å²) in [6.07, 6.45) is 1.31. The smallest absolute Gasteiger partial charge is 0.0232 e. The van der Waals surface area contributed by atoms with Crippen molar-refractivity contribution in [3.05, 3.63) is 29.8 Å². The normalized spacial score (nSPS) is 26.8. The monoisotopic (exact) mass is 262 g/mol. The number of hydrogen-bond acceptors (Lipinski definition) is 3. The van der Waals surface area contributed by atoms with Gasteiger partial charge in [0.2, 0.25) is 0 Å². The minimum Gasteiger partial charge on any atom is -0.315 e. The van der Waals surface area contributed by atoms with Gasteiger partial charge in [0, 0.05) is 35.7 Å². The molecule has 2 atom stereocenters. The molecule has 3 rings (SSSR count). The maximum atomic E-state index is 3.48. The summed E-state index contributed by atoms with van der Waals surface area (Å²) in [6, 6.07) is 9.69. The second kappa shape index (κ2) is 5.64. The molecule has 0 spiro atoms. The van der Waals surface area contributed by atoms with Crippen LogP contribution in [0.25, 0.3) is 0 Å². The summed E-state index contributed by atoms with van der Waals surface area (Å²) in [5, 5.41) is 3.48. The molecule has 3 heteroatoms. The van der Waals surface area contributed by atoms with Crippen molar-refractivity contribution in [2.75, 3.05) is 31.9 Å². The molecule has 2 aliphatic heterocycles. The van der Waals surface area contributed by atoms with Gasteiger partial charge in [-0.3, -0.25) is 4.90 Å². The molecule has 0 amide bonds. The van der Waals surface area contributed by atoms with E-state index in [1.807, 2.05) is 11.8 Å². The zero-order chi connectivity index (χ0) is 12.4. The lowest BCUT2D eigenvalue weighted by molar-refractivity contribution is 0.210. The van der Waals surface area contributed by atoms with E-state index in [1.165, 1.54) is 43.2 Å². The van der Waals surface area contributed by atoms with Crippen LogP contribution in [0.5, 0.6) is 0 Å². The van der Waals surface area contributed by atoms with Gasteiger partial charge in [-0.15, -0.1) is 11.8 Å². The van der Waals surface area contributed by atoms with Crippen LogP contribution in [-0.4, -0.2) is 42.9 Å². The summed E-state index contributed by atoms with van der Waals surface area (Å²) < 4.78 is 0. The van der Waals surface area contributed by atoms with Gasteiger partial charge in [-0.2, -0.15) is 0 Å². The summed E-state index contributed by atoms with van der Waals surface area (Å²) >= 11 is 2.03. The summed E-state index contributed by atoms with van der Waals surface area (Å²) in [5.41, 5.74) is 1.58. The summed E-state index contributed by atoms with van der Waals surface area (Å²) in [5.74, 6) is 1.99. The molecule has 0 radical (unpaired) electrons. The maximum absolute atomic E-state index is 3.48. The van der Waals surface area contributed by atoms with Crippen LogP contribution in [0, 0.1) is 0 Å². The topological polar surface area (TPSA) is 15.3 Å². The number of nitrogens with one attached hydrogen (secondary N) is 1. The van der Waals surface area contributed by atoms with Crippen molar-refractivity contribution in [1.29, 1.82) is 0 Å². The first-order valence-electron chi connectivity index (χ1n) is 7.05. The molecule has 1 N–H and O–H groups in total. The summed E-state index contributed by atoms with van der Waals surface area (Å²) in [6.45, 7) is 7.07. The number of hydrogen-bond donors (Lipinski definition) is 1. The van der Waals surface area contributed by atoms with Crippen LogP contribution < -0.4 is 5.32 Å². The van der Waals surface area contributed by atoms with E-state index in [-0.39, 0.29) is 0 Å². The van der Waals surface area contributed by atoms with Gasteiger partial charge in [-0.25, -0.2) is 0 Å². The second-order valence-corrected chi connectivity index (χ2v) is 6.34. The van der Waals surface area contributed by atoms with Crippen molar-refractivity contribution >= 4 is 11.8 Å². The minimum absolute atomic E-state index is 0.728. The number of benzene rings is 1. The largest absolute Gasteiger partial charge is 0.315 e. The molecule has 0 aromatic heterocycles. The molecule has 98 valence electrons. The highest BCUT2D eigenvalue weighted by atomic mass is 32.2. The number of thioether (sulfide) groups is 1. The Labute approximate surface area is 114 Å². The third kappa shape index (κ3) is 2.44. The van der Waals surface area contributed by atoms with Crippen molar-refractivity contribution in [1.82, 2.24) is 10.2 Å². The SMILES string of the molecule is CCN(CC1CSc2ccccc21)C1CCNC1. The van der Waals surface area contributed by atoms with Gasteiger partial charge in [-0.1, -0.05) is 25.1 Å². The Morgan fingerprint density at radius 2 is 2.28 bits per heavy atom. The van der Waals surface area contributed by atoms with E-state index in [1.54, 1.807) is 5.56 Å². The van der Waals surface area contributed by atoms with Gasteiger partial charge in [-0.05, 0) is 31.1 Å². The van der Waals surface area contributed by atoms with Crippen LogP contribution >= 0.6 is 11.8 Å². The Hall–Kier alpha value is -0.510. The average Bonchev–Trinajstić information content (AvgIpc) is 3.06. The first-order valence-corrected chi connectivity index (χ1v) is 8.03. The number of rotatable bonds is 4. The van der Waals surface area contributed by atoms with Gasteiger partial charge < -0.3 is 5.32 Å².